The Morgan fingerprint density at radius 2 is 1.73 bits per heavy atom. The van der Waals surface area contributed by atoms with E-state index in [0.29, 0.717) is 51.0 Å². The lowest BCUT2D eigenvalue weighted by Crippen LogP contribution is -2.54. The third-order valence-corrected chi connectivity index (χ3v) is 6.79. The maximum atomic E-state index is 12.3. The van der Waals surface area contributed by atoms with E-state index in [0.717, 1.165) is 18.5 Å². The summed E-state index contributed by atoms with van der Waals surface area (Å²) in [5.41, 5.74) is 7.05. The van der Waals surface area contributed by atoms with Gasteiger partial charge in [0.05, 0.1) is 39.4 Å². The van der Waals surface area contributed by atoms with E-state index >= 15 is 0 Å². The number of likely N-dealkylation sites (tertiary alicyclic amines) is 1. The van der Waals surface area contributed by atoms with Crippen LogP contribution < -0.4 is 16.0 Å². The molecule has 2 aromatic rings. The van der Waals surface area contributed by atoms with E-state index in [2.05, 4.69) is 27.4 Å². The van der Waals surface area contributed by atoms with Gasteiger partial charge in [-0.05, 0) is 57.2 Å². The minimum absolute atomic E-state index is 0.0591. The van der Waals surface area contributed by atoms with Crippen molar-refractivity contribution in [3.8, 4) is 0 Å². The topological polar surface area (TPSA) is 137 Å². The van der Waals surface area contributed by atoms with Crippen LogP contribution in [0.2, 0.25) is 0 Å². The van der Waals surface area contributed by atoms with E-state index < -0.39 is 11.5 Å². The molecule has 200 valence electrons. The van der Waals surface area contributed by atoms with Gasteiger partial charge in [0.2, 0.25) is 0 Å². The zero-order chi connectivity index (χ0) is 26.8. The predicted molar refractivity (Wildman–Crippen MR) is 142 cm³/mol. The summed E-state index contributed by atoms with van der Waals surface area (Å²) in [5, 5.41) is 15.4. The van der Waals surface area contributed by atoms with Crippen molar-refractivity contribution in [1.29, 1.82) is 0 Å². The van der Waals surface area contributed by atoms with Gasteiger partial charge >= 0.3 is 6.09 Å². The summed E-state index contributed by atoms with van der Waals surface area (Å²) in [5.74, 6) is 0.563. The molecule has 0 bridgehead atoms. The Bertz CT molecular complexity index is 1110. The average Bonchev–Trinajstić information content (AvgIpc) is 2.83. The molecule has 37 heavy (non-hydrogen) atoms. The van der Waals surface area contributed by atoms with E-state index in [1.54, 1.807) is 11.9 Å². The number of piperidine rings is 1. The number of nitrogens with zero attached hydrogens (tertiary/aromatic N) is 5. The van der Waals surface area contributed by atoms with Crippen molar-refractivity contribution >= 4 is 29.3 Å². The number of hydrogen-bond donors (Lipinski definition) is 2. The van der Waals surface area contributed by atoms with Gasteiger partial charge in [-0.15, -0.1) is 0 Å². The van der Waals surface area contributed by atoms with Crippen LogP contribution in [0.25, 0.3) is 0 Å². The molecule has 0 aliphatic carbocycles. The third-order valence-electron chi connectivity index (χ3n) is 6.79. The van der Waals surface area contributed by atoms with E-state index in [4.69, 9.17) is 10.5 Å². The lowest BCUT2D eigenvalue weighted by atomic mass is 9.89. The number of aromatic nitrogens is 2. The van der Waals surface area contributed by atoms with Crippen molar-refractivity contribution in [2.45, 2.75) is 45.1 Å². The number of rotatable bonds is 5. The molecule has 0 atom stereocenters. The molecule has 0 saturated carbocycles. The molecule has 11 heteroatoms. The highest BCUT2D eigenvalue weighted by molar-refractivity contribution is 5.96. The van der Waals surface area contributed by atoms with Gasteiger partial charge in [-0.25, -0.2) is 14.8 Å². The van der Waals surface area contributed by atoms with Crippen molar-refractivity contribution in [3.05, 3.63) is 46.9 Å². The molecule has 1 aromatic carbocycles. The third kappa shape index (κ3) is 6.86. The number of carbonyl (C=O) groups excluding carboxylic acids is 2. The molecule has 11 nitrogen and oxygen atoms in total. The van der Waals surface area contributed by atoms with Crippen molar-refractivity contribution in [1.82, 2.24) is 14.9 Å². The van der Waals surface area contributed by atoms with Crippen molar-refractivity contribution < 1.29 is 19.0 Å². The minimum Gasteiger partial charge on any atom is -0.633 e. The first kappa shape index (κ1) is 26.6. The van der Waals surface area contributed by atoms with E-state index in [1.165, 1.54) is 11.8 Å². The van der Waals surface area contributed by atoms with Crippen LogP contribution in [0.3, 0.4) is 0 Å². The number of amides is 2. The van der Waals surface area contributed by atoms with Gasteiger partial charge in [0, 0.05) is 18.8 Å². The maximum Gasteiger partial charge on any atom is 0.410 e. The molecule has 3 heterocycles. The van der Waals surface area contributed by atoms with Gasteiger partial charge in [-0.3, -0.25) is 4.79 Å². The number of primary amides is 1. The van der Waals surface area contributed by atoms with Gasteiger partial charge in [0.1, 0.15) is 11.4 Å². The summed E-state index contributed by atoms with van der Waals surface area (Å²) >= 11 is 0. The normalized spacial score (nSPS) is 18.4. The average molecular weight is 512 g/mol. The summed E-state index contributed by atoms with van der Waals surface area (Å²) in [6, 6.07) is 7.98. The SMILES string of the molecule is CC(C)(C)OC(=O)N1CCC(c2ccc(Nc3nc(N4CC[N+](C)([O-])CC4)cnc3C(N)=O)cc2)CC1. The van der Waals surface area contributed by atoms with E-state index in [9.17, 15) is 14.8 Å². The Hall–Kier alpha value is -3.44. The minimum atomic E-state index is -0.669. The standard InChI is InChI=1S/C26H37N7O4/c1-26(2,3)37-25(35)32-11-9-19(10-12-32)18-5-7-20(8-6-18)29-24-22(23(27)34)28-17-21(30-24)31-13-15-33(4,36)16-14-31/h5-8,17,19H,9-16H2,1-4H3,(H2,27,34)(H,29,30). The lowest BCUT2D eigenvalue weighted by molar-refractivity contribution is -0.861. The fraction of sp³-hybridized carbons (Fsp3) is 0.538. The molecule has 4 rings (SSSR count). The number of nitrogens with two attached hydrogens (primary N) is 1. The second-order valence-electron chi connectivity index (χ2n) is 11.0. The number of benzene rings is 1. The largest absolute Gasteiger partial charge is 0.633 e. The summed E-state index contributed by atoms with van der Waals surface area (Å²) < 4.78 is 5.21. The van der Waals surface area contributed by atoms with Crippen LogP contribution in [0, 0.1) is 5.21 Å². The fourth-order valence-electron chi connectivity index (χ4n) is 4.61. The Morgan fingerprint density at radius 1 is 1.11 bits per heavy atom. The highest BCUT2D eigenvalue weighted by atomic mass is 16.6. The first-order chi connectivity index (χ1) is 17.4. The monoisotopic (exact) mass is 511 g/mol. The number of hydrogen-bond acceptors (Lipinski definition) is 8. The number of carbonyl (C=O) groups is 2. The lowest BCUT2D eigenvalue weighted by Gasteiger charge is -2.45. The van der Waals surface area contributed by atoms with Gasteiger partial charge in [-0.2, -0.15) is 0 Å². The van der Waals surface area contributed by atoms with E-state index in [-0.39, 0.29) is 22.3 Å². The number of nitrogens with one attached hydrogen (secondary N) is 1. The quantitative estimate of drug-likeness (QED) is 0.461. The van der Waals surface area contributed by atoms with Gasteiger partial charge in [-0.1, -0.05) is 12.1 Å². The molecular weight excluding hydrogens is 474 g/mol. The number of likely N-dealkylation sites (N-methyl/N-ethyl adjacent to an activating group) is 1. The highest BCUT2D eigenvalue weighted by Crippen LogP contribution is 2.30. The Kier molecular flexibility index (Phi) is 7.56. The molecule has 2 saturated heterocycles. The van der Waals surface area contributed by atoms with Crippen molar-refractivity contribution in [2.24, 2.45) is 5.73 Å². The van der Waals surface area contributed by atoms with Crippen LogP contribution in [0.5, 0.6) is 0 Å². The molecule has 0 radical (unpaired) electrons. The zero-order valence-corrected chi connectivity index (χ0v) is 22.1. The molecule has 0 spiro atoms. The van der Waals surface area contributed by atoms with Crippen LogP contribution in [-0.4, -0.2) is 83.4 Å². The fourth-order valence-corrected chi connectivity index (χ4v) is 4.61. The molecule has 2 fully saturated rings. The molecule has 2 aliphatic heterocycles. The summed E-state index contributed by atoms with van der Waals surface area (Å²) in [4.78, 5) is 37.0. The molecule has 0 unspecified atom stereocenters. The van der Waals surface area contributed by atoms with Crippen molar-refractivity contribution in [3.63, 3.8) is 0 Å². The highest BCUT2D eigenvalue weighted by Gasteiger charge is 2.28. The summed E-state index contributed by atoms with van der Waals surface area (Å²) in [6.07, 6.45) is 2.99. The Labute approximate surface area is 217 Å². The van der Waals surface area contributed by atoms with Gasteiger partial charge in [0.15, 0.2) is 11.5 Å². The van der Waals surface area contributed by atoms with Gasteiger partial charge in [0.25, 0.3) is 5.91 Å². The molecular formula is C26H37N7O4. The molecule has 2 aliphatic rings. The van der Waals surface area contributed by atoms with E-state index in [1.807, 2.05) is 37.8 Å². The maximum absolute atomic E-state index is 12.3. The number of hydroxylamine groups is 3. The van der Waals surface area contributed by atoms with Crippen LogP contribution >= 0.6 is 0 Å². The first-order valence-corrected chi connectivity index (χ1v) is 12.7. The predicted octanol–water partition coefficient (Wildman–Crippen LogP) is 3.20. The smallest absolute Gasteiger partial charge is 0.410 e. The first-order valence-electron chi connectivity index (χ1n) is 12.7. The Balaban J connectivity index is 1.41. The molecule has 3 N–H and O–H groups in total. The molecule has 1 aromatic heterocycles. The second kappa shape index (κ2) is 10.5. The second-order valence-corrected chi connectivity index (χ2v) is 11.0. The van der Waals surface area contributed by atoms with Crippen LogP contribution in [-0.2, 0) is 4.74 Å². The number of piperazine rings is 1. The summed E-state index contributed by atoms with van der Waals surface area (Å²) in [6.45, 7) is 8.97. The molecule has 2 amide bonds. The zero-order valence-electron chi connectivity index (χ0n) is 22.1. The van der Waals surface area contributed by atoms with Crippen molar-refractivity contribution in [2.75, 3.05) is 56.5 Å². The Morgan fingerprint density at radius 3 is 2.30 bits per heavy atom. The van der Waals surface area contributed by atoms with Crippen LogP contribution in [0.4, 0.5) is 22.1 Å². The number of ether oxygens (including phenoxy) is 1. The van der Waals surface area contributed by atoms with Gasteiger partial charge < -0.3 is 35.4 Å². The summed E-state index contributed by atoms with van der Waals surface area (Å²) in [7, 11) is 1.67. The van der Waals surface area contributed by atoms with Crippen LogP contribution in [0.15, 0.2) is 30.5 Å². The number of anilines is 3. The number of quaternary nitrogens is 1. The van der Waals surface area contributed by atoms with Crippen LogP contribution in [0.1, 0.15) is 55.6 Å².